The van der Waals surface area contributed by atoms with E-state index in [2.05, 4.69) is 15.4 Å². The van der Waals surface area contributed by atoms with Crippen LogP contribution in [0.2, 0.25) is 0 Å². The van der Waals surface area contributed by atoms with Crippen LogP contribution in [-0.2, 0) is 9.88 Å². The molecule has 0 saturated carbocycles. The maximum atomic E-state index is 5.01. The Morgan fingerprint density at radius 3 is 2.62 bits per heavy atom. The highest BCUT2D eigenvalue weighted by Crippen LogP contribution is 2.25. The fourth-order valence-corrected chi connectivity index (χ4v) is 1.03. The van der Waals surface area contributed by atoms with Gasteiger partial charge in [0, 0.05) is 5.56 Å². The third-order valence-electron chi connectivity index (χ3n) is 1.72. The Bertz CT molecular complexity index is 310. The SMILES string of the molecule is COc1ccc(C2N=NOO2)cc1. The van der Waals surface area contributed by atoms with Gasteiger partial charge < -0.3 is 4.74 Å². The van der Waals surface area contributed by atoms with E-state index in [-0.39, 0.29) is 0 Å². The number of hydrogen-bond acceptors (Lipinski definition) is 5. The first kappa shape index (κ1) is 8.00. The molecule has 1 atom stereocenters. The summed E-state index contributed by atoms with van der Waals surface area (Å²) in [5, 5.41) is 6.96. The predicted molar refractivity (Wildman–Crippen MR) is 42.8 cm³/mol. The van der Waals surface area contributed by atoms with Crippen molar-refractivity contribution >= 4 is 0 Å². The first-order chi connectivity index (χ1) is 6.40. The van der Waals surface area contributed by atoms with Crippen LogP contribution in [0.4, 0.5) is 0 Å². The topological polar surface area (TPSA) is 52.4 Å². The van der Waals surface area contributed by atoms with E-state index in [1.165, 1.54) is 0 Å². The summed E-state index contributed by atoms with van der Waals surface area (Å²) in [5.41, 5.74) is 0.877. The van der Waals surface area contributed by atoms with Crippen LogP contribution < -0.4 is 4.74 Å². The summed E-state index contributed by atoms with van der Waals surface area (Å²) in [5.74, 6) is 0.791. The zero-order valence-corrected chi connectivity index (χ0v) is 7.01. The summed E-state index contributed by atoms with van der Waals surface area (Å²) in [6.07, 6.45) is -0.453. The van der Waals surface area contributed by atoms with Gasteiger partial charge in [0.25, 0.3) is 0 Å². The lowest BCUT2D eigenvalue weighted by Gasteiger charge is -2.03. The zero-order valence-electron chi connectivity index (χ0n) is 7.01. The van der Waals surface area contributed by atoms with Gasteiger partial charge in [0.2, 0.25) is 6.23 Å². The fourth-order valence-electron chi connectivity index (χ4n) is 1.03. The lowest BCUT2D eigenvalue weighted by Crippen LogP contribution is -1.94. The second kappa shape index (κ2) is 3.40. The Kier molecular flexibility index (Phi) is 2.09. The average molecular weight is 180 g/mol. The molecule has 1 aromatic carbocycles. The molecule has 0 radical (unpaired) electrons. The number of nitrogens with zero attached hydrogens (tertiary/aromatic N) is 2. The second-order valence-electron chi connectivity index (χ2n) is 2.49. The van der Waals surface area contributed by atoms with Gasteiger partial charge in [-0.3, -0.25) is 0 Å². The van der Waals surface area contributed by atoms with Crippen LogP contribution in [0.3, 0.4) is 0 Å². The molecule has 5 nitrogen and oxygen atoms in total. The highest BCUT2D eigenvalue weighted by molar-refractivity contribution is 5.28. The highest BCUT2D eigenvalue weighted by Gasteiger charge is 2.17. The molecular formula is C8H8N2O3. The van der Waals surface area contributed by atoms with Gasteiger partial charge in [-0.25, -0.2) is 0 Å². The molecule has 2 rings (SSSR count). The first-order valence-corrected chi connectivity index (χ1v) is 3.77. The van der Waals surface area contributed by atoms with E-state index in [4.69, 9.17) is 9.62 Å². The summed E-state index contributed by atoms with van der Waals surface area (Å²) in [6.45, 7) is 0. The normalized spacial score (nSPS) is 19.9. The molecule has 0 aromatic heterocycles. The number of methoxy groups -OCH3 is 1. The molecule has 1 aliphatic heterocycles. The van der Waals surface area contributed by atoms with Gasteiger partial charge >= 0.3 is 0 Å². The van der Waals surface area contributed by atoms with E-state index >= 15 is 0 Å². The molecule has 0 spiro atoms. The Labute approximate surface area is 74.8 Å². The summed E-state index contributed by atoms with van der Waals surface area (Å²) in [6, 6.07) is 7.34. The third kappa shape index (κ3) is 1.59. The quantitative estimate of drug-likeness (QED) is 0.654. The smallest absolute Gasteiger partial charge is 0.245 e. The largest absolute Gasteiger partial charge is 0.497 e. The Morgan fingerprint density at radius 2 is 2.08 bits per heavy atom. The Morgan fingerprint density at radius 1 is 1.31 bits per heavy atom. The number of ether oxygens (including phenoxy) is 1. The standard InChI is InChI=1S/C8H8N2O3/c1-11-7-4-2-6(3-5-7)8-9-10-13-12-8/h2-5,8H,1H3. The van der Waals surface area contributed by atoms with Gasteiger partial charge in [0.1, 0.15) is 5.75 Å². The van der Waals surface area contributed by atoms with Gasteiger partial charge in [-0.2, -0.15) is 4.99 Å². The molecule has 1 aliphatic rings. The Hall–Kier alpha value is -1.62. The molecule has 1 heterocycles. The van der Waals surface area contributed by atoms with Gasteiger partial charge in [0.15, 0.2) is 0 Å². The lowest BCUT2D eigenvalue weighted by molar-refractivity contribution is -0.296. The number of hydrogen-bond donors (Lipinski definition) is 0. The van der Waals surface area contributed by atoms with Crippen molar-refractivity contribution < 1.29 is 14.6 Å². The Balaban J connectivity index is 2.17. The molecule has 0 bridgehead atoms. The van der Waals surface area contributed by atoms with Crippen molar-refractivity contribution in [1.82, 2.24) is 0 Å². The van der Waals surface area contributed by atoms with E-state index in [1.54, 1.807) is 7.11 Å². The van der Waals surface area contributed by atoms with Crippen molar-refractivity contribution in [1.29, 1.82) is 0 Å². The number of rotatable bonds is 2. The van der Waals surface area contributed by atoms with Crippen LogP contribution in [0.5, 0.6) is 5.75 Å². The van der Waals surface area contributed by atoms with Crippen molar-refractivity contribution in [3.63, 3.8) is 0 Å². The first-order valence-electron chi connectivity index (χ1n) is 3.77. The minimum absolute atomic E-state index is 0.453. The van der Waals surface area contributed by atoms with E-state index in [1.807, 2.05) is 24.3 Å². The van der Waals surface area contributed by atoms with Crippen molar-refractivity contribution in [3.8, 4) is 5.75 Å². The molecule has 0 amide bonds. The highest BCUT2D eigenvalue weighted by atomic mass is 17.3. The molecule has 13 heavy (non-hydrogen) atoms. The second-order valence-corrected chi connectivity index (χ2v) is 2.49. The van der Waals surface area contributed by atoms with Gasteiger partial charge in [0.05, 0.1) is 12.4 Å². The zero-order chi connectivity index (χ0) is 9.10. The molecule has 1 unspecified atom stereocenters. The van der Waals surface area contributed by atoms with Gasteiger partial charge in [-0.05, 0) is 12.1 Å². The third-order valence-corrected chi connectivity index (χ3v) is 1.72. The molecule has 1 aromatic rings. The van der Waals surface area contributed by atoms with Crippen molar-refractivity contribution in [2.75, 3.05) is 7.11 Å². The minimum Gasteiger partial charge on any atom is -0.497 e. The monoisotopic (exact) mass is 180 g/mol. The molecule has 0 saturated heterocycles. The van der Waals surface area contributed by atoms with E-state index in [0.717, 1.165) is 11.3 Å². The van der Waals surface area contributed by atoms with Crippen molar-refractivity contribution in [2.45, 2.75) is 6.23 Å². The summed E-state index contributed by atoms with van der Waals surface area (Å²) in [4.78, 5) is 9.03. The lowest BCUT2D eigenvalue weighted by atomic mass is 10.2. The van der Waals surface area contributed by atoms with E-state index in [9.17, 15) is 0 Å². The van der Waals surface area contributed by atoms with Gasteiger partial charge in [-0.1, -0.05) is 12.1 Å². The minimum atomic E-state index is -0.453. The predicted octanol–water partition coefficient (Wildman–Crippen LogP) is 2.02. The summed E-state index contributed by atoms with van der Waals surface area (Å²) >= 11 is 0. The van der Waals surface area contributed by atoms with E-state index in [0.29, 0.717) is 0 Å². The van der Waals surface area contributed by atoms with Crippen LogP contribution in [0, 0.1) is 0 Å². The van der Waals surface area contributed by atoms with Crippen LogP contribution in [0.25, 0.3) is 0 Å². The van der Waals surface area contributed by atoms with Crippen molar-refractivity contribution in [3.05, 3.63) is 29.8 Å². The summed E-state index contributed by atoms with van der Waals surface area (Å²) in [7, 11) is 1.61. The molecule has 68 valence electrons. The van der Waals surface area contributed by atoms with Crippen LogP contribution >= 0.6 is 0 Å². The average Bonchev–Trinajstić information content (AvgIpc) is 2.71. The molecule has 0 fully saturated rings. The van der Waals surface area contributed by atoms with Crippen LogP contribution in [-0.4, -0.2) is 7.11 Å². The summed E-state index contributed by atoms with van der Waals surface area (Å²) < 4.78 is 5.01. The van der Waals surface area contributed by atoms with Gasteiger partial charge in [-0.15, -0.1) is 10.0 Å². The number of benzene rings is 1. The maximum absolute atomic E-state index is 5.01. The van der Waals surface area contributed by atoms with E-state index < -0.39 is 6.23 Å². The van der Waals surface area contributed by atoms with Crippen LogP contribution in [0.1, 0.15) is 11.8 Å². The van der Waals surface area contributed by atoms with Crippen molar-refractivity contribution in [2.24, 2.45) is 10.4 Å². The fraction of sp³-hybridized carbons (Fsp3) is 0.250. The molecule has 5 heteroatoms. The molecule has 0 N–H and O–H groups in total. The van der Waals surface area contributed by atoms with Crippen LogP contribution in [0.15, 0.2) is 34.7 Å². The molecular weight excluding hydrogens is 172 g/mol. The molecule has 0 aliphatic carbocycles. The maximum Gasteiger partial charge on any atom is 0.245 e.